The van der Waals surface area contributed by atoms with Gasteiger partial charge in [-0.3, -0.25) is 4.79 Å². The molecule has 1 aromatic heterocycles. The number of aryl methyl sites for hydroxylation is 1. The van der Waals surface area contributed by atoms with Gasteiger partial charge in [-0.05, 0) is 36.4 Å². The van der Waals surface area contributed by atoms with Crippen LogP contribution in [-0.2, 0) is 26.9 Å². The molecule has 0 saturated carbocycles. The second-order valence-electron chi connectivity index (χ2n) is 6.83. The summed E-state index contributed by atoms with van der Waals surface area (Å²) < 4.78 is 40.8. The Labute approximate surface area is 183 Å². The molecule has 0 N–H and O–H groups in total. The summed E-state index contributed by atoms with van der Waals surface area (Å²) in [6, 6.07) is 13.5. The summed E-state index contributed by atoms with van der Waals surface area (Å²) in [6.07, 6.45) is 2.27. The van der Waals surface area contributed by atoms with E-state index >= 15 is 0 Å². The van der Waals surface area contributed by atoms with Crippen LogP contribution >= 0.6 is 23.1 Å². The summed E-state index contributed by atoms with van der Waals surface area (Å²) in [7, 11) is -3.29. The number of rotatable bonds is 9. The van der Waals surface area contributed by atoms with E-state index in [1.165, 1.54) is 23.5 Å². The number of sulfone groups is 1. The molecule has 0 unspecified atom stereocenters. The van der Waals surface area contributed by atoms with Crippen LogP contribution in [0, 0.1) is 5.82 Å². The monoisotopic (exact) mass is 466 g/mol. The third-order valence-electron chi connectivity index (χ3n) is 4.46. The van der Waals surface area contributed by atoms with Gasteiger partial charge in [0.1, 0.15) is 5.82 Å². The fraction of sp³-hybridized carbons (Fsp3) is 0.333. The average Bonchev–Trinajstić information content (AvgIpc) is 3.02. The fourth-order valence-electron chi connectivity index (χ4n) is 3.04. The van der Waals surface area contributed by atoms with Gasteiger partial charge >= 0.3 is 0 Å². The van der Waals surface area contributed by atoms with Crippen LogP contribution in [0.1, 0.15) is 18.4 Å². The molecule has 3 rings (SSSR count). The zero-order chi connectivity index (χ0) is 21.6. The number of hydrogen-bond donors (Lipinski definition) is 0. The van der Waals surface area contributed by atoms with Gasteiger partial charge in [-0.1, -0.05) is 41.7 Å². The number of amides is 1. The smallest absolute Gasteiger partial charge is 0.248 e. The predicted molar refractivity (Wildman–Crippen MR) is 122 cm³/mol. The third-order valence-corrected chi connectivity index (χ3v) is 7.78. The molecule has 1 heterocycles. The van der Waals surface area contributed by atoms with E-state index in [4.69, 9.17) is 0 Å². The number of nitrogens with zero attached hydrogens (tertiary/aromatic N) is 2. The Kier molecular flexibility index (Phi) is 7.85. The number of halogens is 1. The van der Waals surface area contributed by atoms with Crippen LogP contribution in [0.2, 0.25) is 0 Å². The summed E-state index contributed by atoms with van der Waals surface area (Å²) in [4.78, 5) is 17.1. The SMILES string of the molecule is CSCCn1c(=NC(=O)CCCS(=O)(=O)Cc2ccccc2)sc2cc(F)ccc21. The molecule has 30 heavy (non-hydrogen) atoms. The molecule has 0 aliphatic heterocycles. The van der Waals surface area contributed by atoms with Crippen LogP contribution in [0.4, 0.5) is 4.39 Å². The minimum Gasteiger partial charge on any atom is -0.316 e. The molecule has 0 spiro atoms. The largest absolute Gasteiger partial charge is 0.316 e. The average molecular weight is 467 g/mol. The van der Waals surface area contributed by atoms with E-state index in [2.05, 4.69) is 4.99 Å². The van der Waals surface area contributed by atoms with Crippen molar-refractivity contribution in [3.8, 4) is 0 Å². The van der Waals surface area contributed by atoms with E-state index in [1.54, 1.807) is 42.1 Å². The molecule has 160 valence electrons. The van der Waals surface area contributed by atoms with E-state index < -0.39 is 9.84 Å². The lowest BCUT2D eigenvalue weighted by Gasteiger charge is -2.04. The predicted octanol–water partition coefficient (Wildman–Crippen LogP) is 4.03. The molecule has 0 bridgehead atoms. The number of fused-ring (bicyclic) bond motifs is 1. The minimum absolute atomic E-state index is 0.0320. The van der Waals surface area contributed by atoms with Crippen molar-refractivity contribution in [2.45, 2.75) is 25.1 Å². The quantitative estimate of drug-likeness (QED) is 0.478. The molecular formula is C21H23FN2O3S3. The topological polar surface area (TPSA) is 68.5 Å². The van der Waals surface area contributed by atoms with Gasteiger partial charge in [-0.2, -0.15) is 16.8 Å². The van der Waals surface area contributed by atoms with Crippen LogP contribution in [0.15, 0.2) is 53.5 Å². The van der Waals surface area contributed by atoms with E-state index in [1.807, 2.05) is 16.9 Å². The first-order valence-electron chi connectivity index (χ1n) is 9.48. The van der Waals surface area contributed by atoms with Crippen molar-refractivity contribution in [1.82, 2.24) is 4.57 Å². The first kappa shape index (κ1) is 22.7. The second kappa shape index (κ2) is 10.4. The Morgan fingerprint density at radius 3 is 2.70 bits per heavy atom. The molecule has 3 aromatic rings. The third kappa shape index (κ3) is 6.26. The van der Waals surface area contributed by atoms with Crippen molar-refractivity contribution in [2.75, 3.05) is 17.8 Å². The van der Waals surface area contributed by atoms with Crippen LogP contribution in [0.3, 0.4) is 0 Å². The number of thioether (sulfide) groups is 1. The van der Waals surface area contributed by atoms with Crippen molar-refractivity contribution in [2.24, 2.45) is 4.99 Å². The van der Waals surface area contributed by atoms with E-state index in [9.17, 15) is 17.6 Å². The summed E-state index contributed by atoms with van der Waals surface area (Å²) >= 11 is 2.94. The molecule has 0 fully saturated rings. The Balaban J connectivity index is 1.69. The highest BCUT2D eigenvalue weighted by Gasteiger charge is 2.14. The van der Waals surface area contributed by atoms with Gasteiger partial charge in [0.05, 0.1) is 21.7 Å². The highest BCUT2D eigenvalue weighted by molar-refractivity contribution is 7.98. The molecule has 0 atom stereocenters. The number of thiazole rings is 1. The maximum atomic E-state index is 13.6. The maximum Gasteiger partial charge on any atom is 0.248 e. The number of aromatic nitrogens is 1. The zero-order valence-corrected chi connectivity index (χ0v) is 19.0. The van der Waals surface area contributed by atoms with Gasteiger partial charge in [0.2, 0.25) is 5.91 Å². The van der Waals surface area contributed by atoms with Crippen molar-refractivity contribution < 1.29 is 17.6 Å². The molecular weight excluding hydrogens is 443 g/mol. The number of carbonyl (C=O) groups is 1. The summed E-state index contributed by atoms with van der Waals surface area (Å²) in [5.74, 6) is 0.0443. The Morgan fingerprint density at radius 2 is 1.97 bits per heavy atom. The molecule has 5 nitrogen and oxygen atoms in total. The minimum atomic E-state index is -3.29. The van der Waals surface area contributed by atoms with Gasteiger partial charge in [0.15, 0.2) is 14.6 Å². The Hall–Kier alpha value is -1.97. The molecule has 0 saturated heterocycles. The standard InChI is InChI=1S/C21H23FN2O3S3/c1-28-12-11-24-18-10-9-17(22)14-19(18)29-21(24)23-20(25)8-5-13-30(26,27)15-16-6-3-2-4-7-16/h2-4,6-7,9-10,14H,5,8,11-13,15H2,1H3. The molecule has 9 heteroatoms. The Morgan fingerprint density at radius 1 is 1.20 bits per heavy atom. The number of hydrogen-bond acceptors (Lipinski definition) is 5. The summed E-state index contributed by atoms with van der Waals surface area (Å²) in [6.45, 7) is 0.657. The highest BCUT2D eigenvalue weighted by Crippen LogP contribution is 2.19. The summed E-state index contributed by atoms with van der Waals surface area (Å²) in [5, 5.41) is 0. The molecule has 0 radical (unpaired) electrons. The first-order valence-corrected chi connectivity index (χ1v) is 13.5. The van der Waals surface area contributed by atoms with Crippen LogP contribution in [0.25, 0.3) is 10.2 Å². The van der Waals surface area contributed by atoms with Gasteiger partial charge in [0, 0.05) is 18.7 Å². The lowest BCUT2D eigenvalue weighted by molar-refractivity contribution is -0.118. The van der Waals surface area contributed by atoms with Crippen LogP contribution in [0.5, 0.6) is 0 Å². The van der Waals surface area contributed by atoms with Crippen molar-refractivity contribution in [1.29, 1.82) is 0 Å². The van der Waals surface area contributed by atoms with Crippen molar-refractivity contribution in [3.63, 3.8) is 0 Å². The van der Waals surface area contributed by atoms with E-state index in [-0.39, 0.29) is 36.1 Å². The summed E-state index contributed by atoms with van der Waals surface area (Å²) in [5.41, 5.74) is 1.58. The normalized spacial score (nSPS) is 12.5. The van der Waals surface area contributed by atoms with Crippen molar-refractivity contribution in [3.05, 3.63) is 64.7 Å². The zero-order valence-electron chi connectivity index (χ0n) is 16.6. The molecule has 0 aliphatic rings. The van der Waals surface area contributed by atoms with Gasteiger partial charge < -0.3 is 4.57 Å². The Bertz CT molecular complexity index is 1190. The molecule has 0 aliphatic carbocycles. The first-order chi connectivity index (χ1) is 14.4. The number of carbonyl (C=O) groups excluding carboxylic acids is 1. The fourth-order valence-corrected chi connectivity index (χ4v) is 5.93. The highest BCUT2D eigenvalue weighted by atomic mass is 32.2. The van der Waals surface area contributed by atoms with Gasteiger partial charge in [-0.25, -0.2) is 12.8 Å². The van der Waals surface area contributed by atoms with Gasteiger partial charge in [0.25, 0.3) is 0 Å². The maximum absolute atomic E-state index is 13.6. The molecule has 2 aromatic carbocycles. The van der Waals surface area contributed by atoms with Crippen LogP contribution in [-0.4, -0.2) is 36.7 Å². The lowest BCUT2D eigenvalue weighted by Crippen LogP contribution is -2.18. The van der Waals surface area contributed by atoms with Crippen molar-refractivity contribution >= 4 is 49.1 Å². The van der Waals surface area contributed by atoms with Gasteiger partial charge in [-0.15, -0.1) is 0 Å². The van der Waals surface area contributed by atoms with E-state index in [0.717, 1.165) is 21.5 Å². The van der Waals surface area contributed by atoms with E-state index in [0.29, 0.717) is 11.3 Å². The number of benzene rings is 2. The molecule has 1 amide bonds. The lowest BCUT2D eigenvalue weighted by atomic mass is 10.2. The van der Waals surface area contributed by atoms with Crippen LogP contribution < -0.4 is 4.80 Å². The second-order valence-corrected chi connectivity index (χ2v) is 11.0.